The Labute approximate surface area is 82.3 Å². The maximum Gasteiger partial charge on any atom is 0.148 e. The molecule has 0 aromatic heterocycles. The molecule has 0 aliphatic carbocycles. The fourth-order valence-electron chi connectivity index (χ4n) is 1.22. The number of ether oxygens (including phenoxy) is 1. The first-order chi connectivity index (χ1) is 6.51. The first-order valence-corrected chi connectivity index (χ1v) is 4.27. The van der Waals surface area contributed by atoms with E-state index in [1.54, 1.807) is 0 Å². The molecule has 0 aliphatic rings. The van der Waals surface area contributed by atoms with E-state index in [1.807, 2.05) is 0 Å². The molecule has 1 aromatic carbocycles. The number of phenols is 1. The third-order valence-corrected chi connectivity index (χ3v) is 2.13. The van der Waals surface area contributed by atoms with E-state index in [-0.39, 0.29) is 12.3 Å². The zero-order chi connectivity index (χ0) is 10.8. The number of methoxy groups -OCH3 is 1. The van der Waals surface area contributed by atoms with E-state index in [9.17, 15) is 9.50 Å². The fourth-order valence-corrected chi connectivity index (χ4v) is 1.22. The number of phenolic OH excluding ortho intramolecular Hbond substituents is 1. The summed E-state index contributed by atoms with van der Waals surface area (Å²) in [7, 11) is 1.42. The van der Waals surface area contributed by atoms with Crippen LogP contribution in [0.25, 0.3) is 0 Å². The van der Waals surface area contributed by atoms with Crippen molar-refractivity contribution in [2.75, 3.05) is 13.7 Å². The normalized spacial score (nSPS) is 14.9. The Morgan fingerprint density at radius 3 is 2.71 bits per heavy atom. The van der Waals surface area contributed by atoms with Gasteiger partial charge in [0, 0.05) is 18.2 Å². The molecule has 0 fully saturated rings. The summed E-state index contributed by atoms with van der Waals surface area (Å²) in [6.45, 7) is 1.25. The summed E-state index contributed by atoms with van der Waals surface area (Å²) < 4.78 is 18.8. The van der Waals surface area contributed by atoms with E-state index in [1.165, 1.54) is 32.2 Å². The molecule has 14 heavy (non-hydrogen) atoms. The summed E-state index contributed by atoms with van der Waals surface area (Å²) >= 11 is 0. The predicted octanol–water partition coefficient (Wildman–Crippen LogP) is 1.54. The second-order valence-electron chi connectivity index (χ2n) is 3.29. The molecule has 4 heteroatoms. The van der Waals surface area contributed by atoms with Gasteiger partial charge in [-0.1, -0.05) is 0 Å². The Bertz CT molecular complexity index is 326. The van der Waals surface area contributed by atoms with Gasteiger partial charge in [0.25, 0.3) is 0 Å². The van der Waals surface area contributed by atoms with Gasteiger partial charge in [-0.05, 0) is 19.1 Å². The smallest absolute Gasteiger partial charge is 0.148 e. The minimum atomic E-state index is -1.64. The van der Waals surface area contributed by atoms with Crippen LogP contribution in [0.3, 0.4) is 0 Å². The van der Waals surface area contributed by atoms with Gasteiger partial charge < -0.3 is 15.6 Å². The predicted molar refractivity (Wildman–Crippen MR) is 52.2 cm³/mol. The van der Waals surface area contributed by atoms with Crippen LogP contribution in [-0.4, -0.2) is 18.8 Å². The molecule has 0 spiro atoms. The van der Waals surface area contributed by atoms with Crippen molar-refractivity contribution in [3.8, 4) is 11.5 Å². The number of hydrogen-bond donors (Lipinski definition) is 2. The fraction of sp³-hybridized carbons (Fsp3) is 0.400. The van der Waals surface area contributed by atoms with Gasteiger partial charge in [-0.2, -0.15) is 0 Å². The molecule has 1 aromatic rings. The highest BCUT2D eigenvalue weighted by Gasteiger charge is 2.27. The maximum atomic E-state index is 13.8. The van der Waals surface area contributed by atoms with Crippen LogP contribution < -0.4 is 10.5 Å². The van der Waals surface area contributed by atoms with Gasteiger partial charge in [0.2, 0.25) is 0 Å². The molecule has 0 heterocycles. The zero-order valence-electron chi connectivity index (χ0n) is 8.25. The van der Waals surface area contributed by atoms with E-state index in [0.717, 1.165) is 0 Å². The highest BCUT2D eigenvalue weighted by atomic mass is 19.1. The van der Waals surface area contributed by atoms with Gasteiger partial charge in [0.1, 0.15) is 17.2 Å². The van der Waals surface area contributed by atoms with Crippen molar-refractivity contribution in [3.05, 3.63) is 23.8 Å². The lowest BCUT2D eigenvalue weighted by Crippen LogP contribution is -2.27. The standard InChI is InChI=1S/C10H14FNO2/c1-10(11,6-12)8-4-3-7(13)5-9(8)14-2/h3-5,13H,6,12H2,1-2H3. The second kappa shape index (κ2) is 3.84. The molecule has 0 bridgehead atoms. The zero-order valence-corrected chi connectivity index (χ0v) is 8.25. The number of benzene rings is 1. The average Bonchev–Trinajstić information content (AvgIpc) is 2.17. The molecule has 3 nitrogen and oxygen atoms in total. The van der Waals surface area contributed by atoms with E-state index >= 15 is 0 Å². The van der Waals surface area contributed by atoms with E-state index in [2.05, 4.69) is 0 Å². The van der Waals surface area contributed by atoms with Crippen LogP contribution in [0.1, 0.15) is 12.5 Å². The van der Waals surface area contributed by atoms with Crippen LogP contribution in [0.2, 0.25) is 0 Å². The summed E-state index contributed by atoms with van der Waals surface area (Å²) in [5.41, 5.74) is 4.01. The number of nitrogens with two attached hydrogens (primary N) is 1. The molecule has 0 aliphatic heterocycles. The molecule has 0 saturated heterocycles. The minimum Gasteiger partial charge on any atom is -0.508 e. The molecule has 0 radical (unpaired) electrons. The van der Waals surface area contributed by atoms with E-state index < -0.39 is 5.67 Å². The van der Waals surface area contributed by atoms with Crippen LogP contribution >= 0.6 is 0 Å². The van der Waals surface area contributed by atoms with Crippen molar-refractivity contribution >= 4 is 0 Å². The lowest BCUT2D eigenvalue weighted by Gasteiger charge is -2.21. The summed E-state index contributed by atoms with van der Waals surface area (Å²) in [5, 5.41) is 9.17. The molecule has 1 rings (SSSR count). The lowest BCUT2D eigenvalue weighted by atomic mass is 9.97. The number of rotatable bonds is 3. The van der Waals surface area contributed by atoms with Gasteiger partial charge in [-0.3, -0.25) is 0 Å². The number of hydrogen-bond acceptors (Lipinski definition) is 3. The van der Waals surface area contributed by atoms with Crippen LogP contribution in [-0.2, 0) is 5.67 Å². The molecule has 78 valence electrons. The Kier molecular flexibility index (Phi) is 2.96. The quantitative estimate of drug-likeness (QED) is 0.776. The monoisotopic (exact) mass is 199 g/mol. The highest BCUT2D eigenvalue weighted by molar-refractivity contribution is 5.43. The van der Waals surface area contributed by atoms with Crippen LogP contribution in [0.4, 0.5) is 4.39 Å². The molecule has 0 amide bonds. The maximum absolute atomic E-state index is 13.8. The lowest BCUT2D eigenvalue weighted by molar-refractivity contribution is 0.196. The topological polar surface area (TPSA) is 55.5 Å². The molecule has 0 saturated carbocycles. The van der Waals surface area contributed by atoms with Crippen molar-refractivity contribution in [3.63, 3.8) is 0 Å². The molecule has 1 atom stereocenters. The van der Waals surface area contributed by atoms with Crippen molar-refractivity contribution < 1.29 is 14.2 Å². The SMILES string of the molecule is COc1cc(O)ccc1C(C)(F)CN. The molecule has 3 N–H and O–H groups in total. The Hall–Kier alpha value is -1.29. The Balaban J connectivity index is 3.20. The van der Waals surface area contributed by atoms with Gasteiger partial charge in [0.05, 0.1) is 7.11 Å². The van der Waals surface area contributed by atoms with Gasteiger partial charge in [0.15, 0.2) is 0 Å². The summed E-state index contributed by atoms with van der Waals surface area (Å²) in [4.78, 5) is 0. The van der Waals surface area contributed by atoms with E-state index in [0.29, 0.717) is 11.3 Å². The molecular formula is C10H14FNO2. The second-order valence-corrected chi connectivity index (χ2v) is 3.29. The van der Waals surface area contributed by atoms with Crippen molar-refractivity contribution in [1.29, 1.82) is 0 Å². The first-order valence-electron chi connectivity index (χ1n) is 4.27. The van der Waals surface area contributed by atoms with Gasteiger partial charge in [-0.25, -0.2) is 4.39 Å². The first kappa shape index (κ1) is 10.8. The largest absolute Gasteiger partial charge is 0.508 e. The van der Waals surface area contributed by atoms with Gasteiger partial charge >= 0.3 is 0 Å². The highest BCUT2D eigenvalue weighted by Crippen LogP contribution is 2.34. The molecule has 1 unspecified atom stereocenters. The molecular weight excluding hydrogens is 185 g/mol. The Morgan fingerprint density at radius 1 is 1.57 bits per heavy atom. The third-order valence-electron chi connectivity index (χ3n) is 2.13. The Morgan fingerprint density at radius 2 is 2.21 bits per heavy atom. The summed E-state index contributed by atoms with van der Waals surface area (Å²) in [5.74, 6) is 0.346. The number of aromatic hydroxyl groups is 1. The summed E-state index contributed by atoms with van der Waals surface area (Å²) in [6, 6.07) is 4.25. The van der Waals surface area contributed by atoms with Crippen LogP contribution in [0.5, 0.6) is 11.5 Å². The third kappa shape index (κ3) is 1.96. The average molecular weight is 199 g/mol. The minimum absolute atomic E-state index is 0.0402. The van der Waals surface area contributed by atoms with Crippen molar-refractivity contribution in [2.45, 2.75) is 12.6 Å². The van der Waals surface area contributed by atoms with Crippen LogP contribution in [0, 0.1) is 0 Å². The summed E-state index contributed by atoms with van der Waals surface area (Å²) in [6.07, 6.45) is 0. The van der Waals surface area contributed by atoms with Crippen LogP contribution in [0.15, 0.2) is 18.2 Å². The van der Waals surface area contributed by atoms with E-state index in [4.69, 9.17) is 10.5 Å². The van der Waals surface area contributed by atoms with Gasteiger partial charge in [-0.15, -0.1) is 0 Å². The number of alkyl halides is 1. The van der Waals surface area contributed by atoms with Crippen molar-refractivity contribution in [1.82, 2.24) is 0 Å². The number of halogens is 1. The van der Waals surface area contributed by atoms with Crippen molar-refractivity contribution in [2.24, 2.45) is 5.73 Å².